The summed E-state index contributed by atoms with van der Waals surface area (Å²) < 4.78 is 5.28. The van der Waals surface area contributed by atoms with Crippen LogP contribution in [0.15, 0.2) is 12.8 Å². The number of hydrogen-bond acceptors (Lipinski definition) is 4. The second-order valence-corrected chi connectivity index (χ2v) is 3.17. The van der Waals surface area contributed by atoms with E-state index >= 15 is 0 Å². The highest BCUT2D eigenvalue weighted by Crippen LogP contribution is 2.21. The molecule has 0 unspecified atom stereocenters. The predicted octanol–water partition coefficient (Wildman–Crippen LogP) is 2.01. The lowest BCUT2D eigenvalue weighted by Gasteiger charge is -2.06. The molecule has 0 amide bonds. The van der Waals surface area contributed by atoms with Gasteiger partial charge in [-0.05, 0) is 18.5 Å². The predicted molar refractivity (Wildman–Crippen MR) is 57.4 cm³/mol. The van der Waals surface area contributed by atoms with Crippen LogP contribution >= 0.6 is 11.6 Å². The van der Waals surface area contributed by atoms with E-state index in [4.69, 9.17) is 16.3 Å². The van der Waals surface area contributed by atoms with Crippen LogP contribution in [0, 0.1) is 0 Å². The van der Waals surface area contributed by atoms with Gasteiger partial charge in [0.15, 0.2) is 5.65 Å². The van der Waals surface area contributed by atoms with Gasteiger partial charge in [-0.3, -0.25) is 5.10 Å². The Labute approximate surface area is 91.1 Å². The molecule has 5 nitrogen and oxygen atoms in total. The maximum absolute atomic E-state index is 5.76. The summed E-state index contributed by atoms with van der Waals surface area (Å²) in [6.07, 6.45) is 1.62. The van der Waals surface area contributed by atoms with Crippen molar-refractivity contribution in [3.63, 3.8) is 0 Å². The molecule has 0 aliphatic rings. The van der Waals surface area contributed by atoms with E-state index in [1.165, 1.54) is 0 Å². The molecule has 2 aromatic rings. The van der Waals surface area contributed by atoms with Crippen LogP contribution in [0.3, 0.4) is 0 Å². The summed E-state index contributed by atoms with van der Waals surface area (Å²) >= 11 is 5.76. The summed E-state index contributed by atoms with van der Waals surface area (Å²) in [6.45, 7) is 6.18. The lowest BCUT2D eigenvalue weighted by molar-refractivity contribution is 0.298. The number of H-pyrrole nitrogens is 1. The summed E-state index contributed by atoms with van der Waals surface area (Å²) in [5.41, 5.74) is 1.14. The molecule has 0 bridgehead atoms. The second-order valence-electron chi connectivity index (χ2n) is 2.83. The molecule has 1 N–H and O–H groups in total. The largest absolute Gasteiger partial charge is 0.492 e. The minimum atomic E-state index is 0.141. The number of aromatic amines is 1. The van der Waals surface area contributed by atoms with E-state index in [2.05, 4.69) is 26.7 Å². The summed E-state index contributed by atoms with van der Waals surface area (Å²) in [5.74, 6) is 0.466. The Morgan fingerprint density at radius 3 is 3.13 bits per heavy atom. The van der Waals surface area contributed by atoms with E-state index in [0.29, 0.717) is 23.7 Å². The zero-order valence-corrected chi connectivity index (χ0v) is 8.88. The number of hydrogen-bond donors (Lipinski definition) is 1. The van der Waals surface area contributed by atoms with Crippen molar-refractivity contribution in [2.45, 2.75) is 6.92 Å². The maximum Gasteiger partial charge on any atom is 0.225 e. The Hall–Kier alpha value is -1.62. The van der Waals surface area contributed by atoms with E-state index in [1.807, 2.05) is 6.92 Å². The lowest BCUT2D eigenvalue weighted by atomic mass is 10.2. The minimum Gasteiger partial charge on any atom is -0.492 e. The first kappa shape index (κ1) is 9.92. The molecule has 0 radical (unpaired) electrons. The van der Waals surface area contributed by atoms with Crippen molar-refractivity contribution >= 4 is 28.4 Å². The highest BCUT2D eigenvalue weighted by molar-refractivity contribution is 6.28. The standard InChI is InChI=1S/C9H9ClN4O/c1-3-15-5(2)7-6-4-11-14-8(6)13-9(10)12-7/h4H,2-3H2,1H3,(H,11,12,13,14). The van der Waals surface area contributed by atoms with Crippen LogP contribution in [0.5, 0.6) is 0 Å². The van der Waals surface area contributed by atoms with E-state index in [0.717, 1.165) is 5.39 Å². The van der Waals surface area contributed by atoms with Crippen molar-refractivity contribution in [1.29, 1.82) is 0 Å². The lowest BCUT2D eigenvalue weighted by Crippen LogP contribution is -1.96. The summed E-state index contributed by atoms with van der Waals surface area (Å²) in [6, 6.07) is 0. The van der Waals surface area contributed by atoms with Crippen LogP contribution < -0.4 is 0 Å². The van der Waals surface area contributed by atoms with E-state index in [-0.39, 0.29) is 5.28 Å². The third-order valence-corrected chi connectivity index (χ3v) is 2.03. The number of rotatable bonds is 3. The Morgan fingerprint density at radius 1 is 1.60 bits per heavy atom. The summed E-state index contributed by atoms with van der Waals surface area (Å²) in [5, 5.41) is 7.47. The fourth-order valence-electron chi connectivity index (χ4n) is 1.26. The number of nitrogens with one attached hydrogen (secondary N) is 1. The van der Waals surface area contributed by atoms with Gasteiger partial charge in [-0.2, -0.15) is 10.1 Å². The van der Waals surface area contributed by atoms with Crippen LogP contribution in [0.2, 0.25) is 5.28 Å². The number of halogens is 1. The van der Waals surface area contributed by atoms with Crippen molar-refractivity contribution in [2.24, 2.45) is 0 Å². The van der Waals surface area contributed by atoms with E-state index in [1.54, 1.807) is 6.20 Å². The monoisotopic (exact) mass is 224 g/mol. The molecule has 0 aromatic carbocycles. The molecule has 0 saturated carbocycles. The molecule has 0 atom stereocenters. The number of aromatic nitrogens is 4. The number of ether oxygens (including phenoxy) is 1. The van der Waals surface area contributed by atoms with Gasteiger partial charge in [0.1, 0.15) is 11.5 Å². The Bertz CT molecular complexity index is 508. The molecule has 6 heteroatoms. The molecule has 0 saturated heterocycles. The van der Waals surface area contributed by atoms with E-state index in [9.17, 15) is 0 Å². The van der Waals surface area contributed by atoms with Crippen LogP contribution in [-0.4, -0.2) is 26.8 Å². The maximum atomic E-state index is 5.76. The fraction of sp³-hybridized carbons (Fsp3) is 0.222. The molecule has 0 aliphatic carbocycles. The van der Waals surface area contributed by atoms with Crippen molar-refractivity contribution < 1.29 is 4.74 Å². The van der Waals surface area contributed by atoms with Gasteiger partial charge in [0.25, 0.3) is 0 Å². The van der Waals surface area contributed by atoms with Gasteiger partial charge in [-0.25, -0.2) is 4.98 Å². The van der Waals surface area contributed by atoms with Gasteiger partial charge in [0.2, 0.25) is 5.28 Å². The van der Waals surface area contributed by atoms with Gasteiger partial charge < -0.3 is 4.74 Å². The van der Waals surface area contributed by atoms with Gasteiger partial charge in [0.05, 0.1) is 18.2 Å². The molecule has 2 aromatic heterocycles. The molecule has 2 rings (SSSR count). The topological polar surface area (TPSA) is 63.7 Å². The molecule has 0 spiro atoms. The minimum absolute atomic E-state index is 0.141. The smallest absolute Gasteiger partial charge is 0.225 e. The quantitative estimate of drug-likeness (QED) is 0.640. The zero-order chi connectivity index (χ0) is 10.8. The highest BCUT2D eigenvalue weighted by atomic mass is 35.5. The molecule has 15 heavy (non-hydrogen) atoms. The Morgan fingerprint density at radius 2 is 2.40 bits per heavy atom. The number of fused-ring (bicyclic) bond motifs is 1. The molecular formula is C9H9ClN4O. The van der Waals surface area contributed by atoms with Crippen molar-refractivity contribution in [3.8, 4) is 0 Å². The third kappa shape index (κ3) is 1.78. The molecular weight excluding hydrogens is 216 g/mol. The van der Waals surface area contributed by atoms with Crippen LogP contribution in [0.1, 0.15) is 12.6 Å². The van der Waals surface area contributed by atoms with Gasteiger partial charge >= 0.3 is 0 Å². The second kappa shape index (κ2) is 3.86. The van der Waals surface area contributed by atoms with Crippen molar-refractivity contribution in [2.75, 3.05) is 6.61 Å². The fourth-order valence-corrected chi connectivity index (χ4v) is 1.43. The molecule has 0 aliphatic heterocycles. The molecule has 2 heterocycles. The van der Waals surface area contributed by atoms with Crippen LogP contribution in [0.25, 0.3) is 16.8 Å². The zero-order valence-electron chi connectivity index (χ0n) is 8.12. The normalized spacial score (nSPS) is 10.5. The summed E-state index contributed by atoms with van der Waals surface area (Å²) in [4.78, 5) is 8.04. The van der Waals surface area contributed by atoms with Crippen LogP contribution in [0.4, 0.5) is 0 Å². The first-order valence-electron chi connectivity index (χ1n) is 4.41. The summed E-state index contributed by atoms with van der Waals surface area (Å²) in [7, 11) is 0. The van der Waals surface area contributed by atoms with Gasteiger partial charge in [0, 0.05) is 0 Å². The third-order valence-electron chi connectivity index (χ3n) is 1.87. The van der Waals surface area contributed by atoms with Gasteiger partial charge in [-0.1, -0.05) is 6.58 Å². The van der Waals surface area contributed by atoms with Gasteiger partial charge in [-0.15, -0.1) is 0 Å². The highest BCUT2D eigenvalue weighted by Gasteiger charge is 2.11. The van der Waals surface area contributed by atoms with Crippen LogP contribution in [-0.2, 0) is 4.74 Å². The van der Waals surface area contributed by atoms with Crippen molar-refractivity contribution in [1.82, 2.24) is 20.2 Å². The first-order chi connectivity index (χ1) is 7.22. The molecule has 78 valence electrons. The van der Waals surface area contributed by atoms with Crippen molar-refractivity contribution in [3.05, 3.63) is 23.8 Å². The Balaban J connectivity index is 2.57. The first-order valence-corrected chi connectivity index (χ1v) is 4.79. The Kier molecular flexibility index (Phi) is 2.55. The average Bonchev–Trinajstić information content (AvgIpc) is 2.64. The van der Waals surface area contributed by atoms with E-state index < -0.39 is 0 Å². The SMILES string of the molecule is C=C(OCC)c1nc(Cl)nc2[nH]ncc12. The average molecular weight is 225 g/mol. The molecule has 0 fully saturated rings. The number of nitrogens with zero attached hydrogens (tertiary/aromatic N) is 3.